The Morgan fingerprint density at radius 3 is 2.93 bits per heavy atom. The lowest BCUT2D eigenvalue weighted by molar-refractivity contribution is 1.22. The van der Waals surface area contributed by atoms with Crippen LogP contribution in [0.3, 0.4) is 0 Å². The highest BCUT2D eigenvalue weighted by molar-refractivity contribution is 7.17. The van der Waals surface area contributed by atoms with Gasteiger partial charge in [0.1, 0.15) is 0 Å². The highest BCUT2D eigenvalue weighted by Gasteiger charge is 2.06. The van der Waals surface area contributed by atoms with Crippen LogP contribution in [0.5, 0.6) is 0 Å². The first-order valence-electron chi connectivity index (χ1n) is 4.57. The molecule has 70 valence electrons. The molecule has 0 radical (unpaired) electrons. The van der Waals surface area contributed by atoms with E-state index in [0.717, 1.165) is 5.56 Å². The molecule has 0 N–H and O–H groups in total. The number of nitriles is 1. The lowest BCUT2D eigenvalue weighted by Gasteiger charge is -2.05. The molecule has 0 bridgehead atoms. The van der Waals surface area contributed by atoms with E-state index in [9.17, 15) is 0 Å². The Hall–Kier alpha value is -1.33. The zero-order chi connectivity index (χ0) is 10.1. The Bertz CT molecular complexity index is 517. The maximum absolute atomic E-state index is 8.71. The Kier molecular flexibility index (Phi) is 2.26. The second kappa shape index (κ2) is 3.43. The lowest BCUT2D eigenvalue weighted by atomic mass is 10.00. The molecule has 0 aliphatic rings. The monoisotopic (exact) mass is 201 g/mol. The van der Waals surface area contributed by atoms with Gasteiger partial charge in [-0.05, 0) is 47.4 Å². The fourth-order valence-corrected chi connectivity index (χ4v) is 2.72. The SMILES string of the molecule is Cc1c(CC#N)cc(C)c2sccc12. The number of hydrogen-bond acceptors (Lipinski definition) is 2. The summed E-state index contributed by atoms with van der Waals surface area (Å²) in [5.74, 6) is 0. The van der Waals surface area contributed by atoms with Crippen molar-refractivity contribution in [2.24, 2.45) is 0 Å². The molecule has 1 aromatic carbocycles. The van der Waals surface area contributed by atoms with E-state index >= 15 is 0 Å². The highest BCUT2D eigenvalue weighted by atomic mass is 32.1. The third-order valence-electron chi connectivity index (χ3n) is 2.57. The Morgan fingerprint density at radius 2 is 2.21 bits per heavy atom. The Labute approximate surface area is 87.6 Å². The summed E-state index contributed by atoms with van der Waals surface area (Å²) in [4.78, 5) is 0. The summed E-state index contributed by atoms with van der Waals surface area (Å²) in [5.41, 5.74) is 3.70. The van der Waals surface area contributed by atoms with Crippen LogP contribution in [0.15, 0.2) is 17.5 Å². The summed E-state index contributed by atoms with van der Waals surface area (Å²) < 4.78 is 1.35. The second-order valence-corrected chi connectivity index (χ2v) is 4.39. The summed E-state index contributed by atoms with van der Waals surface area (Å²) >= 11 is 1.77. The maximum atomic E-state index is 8.71. The van der Waals surface area contributed by atoms with E-state index in [1.54, 1.807) is 11.3 Å². The minimum absolute atomic E-state index is 0.512. The van der Waals surface area contributed by atoms with Crippen molar-refractivity contribution in [2.75, 3.05) is 0 Å². The number of rotatable bonds is 1. The van der Waals surface area contributed by atoms with Crippen LogP contribution >= 0.6 is 11.3 Å². The van der Waals surface area contributed by atoms with Crippen molar-refractivity contribution in [1.82, 2.24) is 0 Å². The molecule has 0 atom stereocenters. The molecule has 0 saturated carbocycles. The van der Waals surface area contributed by atoms with Gasteiger partial charge in [-0.3, -0.25) is 0 Å². The van der Waals surface area contributed by atoms with Crippen molar-refractivity contribution in [2.45, 2.75) is 20.3 Å². The molecule has 0 spiro atoms. The standard InChI is InChI=1S/C12H11NS/c1-8-7-10(3-5-13)9(2)11-4-6-14-12(8)11/h4,6-7H,3H2,1-2H3. The van der Waals surface area contributed by atoms with Gasteiger partial charge in [-0.15, -0.1) is 11.3 Å². The molecule has 0 aliphatic heterocycles. The van der Waals surface area contributed by atoms with E-state index in [1.165, 1.54) is 21.2 Å². The first-order valence-corrected chi connectivity index (χ1v) is 5.45. The smallest absolute Gasteiger partial charge is 0.0669 e. The molecule has 1 aromatic heterocycles. The van der Waals surface area contributed by atoms with Gasteiger partial charge in [-0.1, -0.05) is 6.07 Å². The van der Waals surface area contributed by atoms with Crippen LogP contribution in [-0.4, -0.2) is 0 Å². The van der Waals surface area contributed by atoms with Crippen LogP contribution in [0.2, 0.25) is 0 Å². The Morgan fingerprint density at radius 1 is 1.43 bits per heavy atom. The van der Waals surface area contributed by atoms with Gasteiger partial charge in [0.15, 0.2) is 0 Å². The van der Waals surface area contributed by atoms with Crippen molar-refractivity contribution in [1.29, 1.82) is 5.26 Å². The van der Waals surface area contributed by atoms with Gasteiger partial charge in [0.25, 0.3) is 0 Å². The molecule has 0 amide bonds. The van der Waals surface area contributed by atoms with Crippen LogP contribution < -0.4 is 0 Å². The van der Waals surface area contributed by atoms with Crippen LogP contribution in [0.4, 0.5) is 0 Å². The van der Waals surface area contributed by atoms with Gasteiger partial charge in [0.2, 0.25) is 0 Å². The van der Waals surface area contributed by atoms with Gasteiger partial charge in [0, 0.05) is 4.70 Å². The van der Waals surface area contributed by atoms with Crippen LogP contribution in [0.25, 0.3) is 10.1 Å². The van der Waals surface area contributed by atoms with Crippen molar-refractivity contribution < 1.29 is 0 Å². The number of fused-ring (bicyclic) bond motifs is 1. The van der Waals surface area contributed by atoms with E-state index in [4.69, 9.17) is 5.26 Å². The van der Waals surface area contributed by atoms with Crippen molar-refractivity contribution in [3.63, 3.8) is 0 Å². The summed E-state index contributed by atoms with van der Waals surface area (Å²) in [6.07, 6.45) is 0.512. The molecule has 2 rings (SSSR count). The minimum Gasteiger partial charge on any atom is -0.198 e. The molecule has 0 aliphatic carbocycles. The number of thiophene rings is 1. The van der Waals surface area contributed by atoms with Crippen LogP contribution in [-0.2, 0) is 6.42 Å². The normalized spacial score (nSPS) is 10.4. The average Bonchev–Trinajstić information content (AvgIpc) is 2.63. The van der Waals surface area contributed by atoms with Crippen molar-refractivity contribution >= 4 is 21.4 Å². The molecule has 14 heavy (non-hydrogen) atoms. The molecule has 1 heterocycles. The fourth-order valence-electron chi connectivity index (χ4n) is 1.79. The molecule has 0 fully saturated rings. The second-order valence-electron chi connectivity index (χ2n) is 3.48. The maximum Gasteiger partial charge on any atom is 0.0669 e. The summed E-state index contributed by atoms with van der Waals surface area (Å²) in [5, 5.41) is 12.1. The molecular formula is C12H11NS. The molecule has 1 nitrogen and oxygen atoms in total. The van der Waals surface area contributed by atoms with Crippen molar-refractivity contribution in [3.05, 3.63) is 34.2 Å². The lowest BCUT2D eigenvalue weighted by Crippen LogP contribution is -1.89. The van der Waals surface area contributed by atoms with Gasteiger partial charge in [-0.25, -0.2) is 0 Å². The van der Waals surface area contributed by atoms with Crippen molar-refractivity contribution in [3.8, 4) is 6.07 Å². The minimum atomic E-state index is 0.512. The number of aryl methyl sites for hydroxylation is 2. The largest absolute Gasteiger partial charge is 0.198 e. The van der Waals surface area contributed by atoms with E-state index in [0.29, 0.717) is 6.42 Å². The molecule has 2 aromatic rings. The summed E-state index contributed by atoms with van der Waals surface area (Å²) in [7, 11) is 0. The zero-order valence-corrected chi connectivity index (χ0v) is 9.11. The topological polar surface area (TPSA) is 23.8 Å². The van der Waals surface area contributed by atoms with Crippen LogP contribution in [0, 0.1) is 25.2 Å². The predicted molar refractivity (Wildman–Crippen MR) is 60.6 cm³/mol. The molecule has 0 saturated heterocycles. The highest BCUT2D eigenvalue weighted by Crippen LogP contribution is 2.29. The van der Waals surface area contributed by atoms with Gasteiger partial charge in [0.05, 0.1) is 12.5 Å². The van der Waals surface area contributed by atoms with E-state index < -0.39 is 0 Å². The van der Waals surface area contributed by atoms with Gasteiger partial charge in [-0.2, -0.15) is 5.26 Å². The Balaban J connectivity index is 2.76. The molecular weight excluding hydrogens is 190 g/mol. The van der Waals surface area contributed by atoms with E-state index in [-0.39, 0.29) is 0 Å². The first kappa shape index (κ1) is 9.23. The predicted octanol–water partition coefficient (Wildman–Crippen LogP) is 3.58. The van der Waals surface area contributed by atoms with Gasteiger partial charge < -0.3 is 0 Å². The summed E-state index contributed by atoms with van der Waals surface area (Å²) in [6.45, 7) is 4.21. The van der Waals surface area contributed by atoms with Crippen LogP contribution in [0.1, 0.15) is 16.7 Å². The molecule has 0 unspecified atom stereocenters. The average molecular weight is 201 g/mol. The number of hydrogen-bond donors (Lipinski definition) is 0. The number of benzene rings is 1. The zero-order valence-electron chi connectivity index (χ0n) is 8.29. The third-order valence-corrected chi connectivity index (χ3v) is 3.62. The third kappa shape index (κ3) is 1.30. The quantitative estimate of drug-likeness (QED) is 0.691. The van der Waals surface area contributed by atoms with Gasteiger partial charge >= 0.3 is 0 Å². The first-order chi connectivity index (χ1) is 6.74. The number of nitrogens with zero attached hydrogens (tertiary/aromatic N) is 1. The van der Waals surface area contributed by atoms with E-state index in [1.807, 2.05) is 0 Å². The summed E-state index contributed by atoms with van der Waals surface area (Å²) in [6, 6.07) is 6.49. The fraction of sp³-hybridized carbons (Fsp3) is 0.250. The van der Waals surface area contributed by atoms with E-state index in [2.05, 4.69) is 37.4 Å². The molecule has 2 heteroatoms.